The second-order valence-corrected chi connectivity index (χ2v) is 13.3. The molecular weight excluding hydrogens is 629 g/mol. The SMILES string of the molecule is Nc1nc2c(nnn2[C@@H]2S[C@H](CO)[C@H](F)[C@H]2OP(O)(=S)OC[C@H]2O[C@@H](n3nnc4c(N)ncnc43)[C@@H](F)[C@@H]2O)c(=O)[nH]1. The van der Waals surface area contributed by atoms with Gasteiger partial charge in [0.05, 0.1) is 18.5 Å². The lowest BCUT2D eigenvalue weighted by atomic mass is 10.1. The van der Waals surface area contributed by atoms with Gasteiger partial charge in [-0.1, -0.05) is 10.4 Å². The first-order chi connectivity index (χ1) is 20.0. The zero-order valence-electron chi connectivity index (χ0n) is 20.8. The number of rotatable bonds is 8. The predicted octanol–water partition coefficient (Wildman–Crippen LogP) is -1.93. The Bertz CT molecular complexity index is 1750. The van der Waals surface area contributed by atoms with E-state index in [0.717, 1.165) is 27.5 Å². The number of aromatic nitrogens is 10. The molecule has 4 aromatic rings. The molecule has 4 aromatic heterocycles. The number of H-pyrrole nitrogens is 1. The lowest BCUT2D eigenvalue weighted by molar-refractivity contribution is -0.0511. The highest BCUT2D eigenvalue weighted by Crippen LogP contribution is 2.54. The number of ether oxygens (including phenoxy) is 1. The molecule has 8 N–H and O–H groups in total. The molecule has 2 fully saturated rings. The van der Waals surface area contributed by atoms with E-state index in [1.165, 1.54) is 0 Å². The van der Waals surface area contributed by atoms with Crippen LogP contribution in [0.5, 0.6) is 0 Å². The first-order valence-corrected chi connectivity index (χ1v) is 15.5. The molecule has 2 aliphatic rings. The first-order valence-electron chi connectivity index (χ1n) is 11.9. The van der Waals surface area contributed by atoms with Gasteiger partial charge in [-0.05, 0) is 11.8 Å². The molecule has 9 atom stereocenters. The molecule has 6 heterocycles. The molecule has 2 saturated heterocycles. The van der Waals surface area contributed by atoms with E-state index >= 15 is 8.78 Å². The van der Waals surface area contributed by atoms with Crippen molar-refractivity contribution in [1.82, 2.24) is 49.9 Å². The molecule has 42 heavy (non-hydrogen) atoms. The number of hydrogen-bond acceptors (Lipinski definition) is 17. The van der Waals surface area contributed by atoms with E-state index in [2.05, 4.69) is 40.6 Å². The summed E-state index contributed by atoms with van der Waals surface area (Å²) >= 11 is 5.95. The van der Waals surface area contributed by atoms with Gasteiger partial charge in [0.25, 0.3) is 5.56 Å². The maximum Gasteiger partial charge on any atom is 0.325 e. The maximum atomic E-state index is 15.4. The van der Waals surface area contributed by atoms with Crippen LogP contribution in [0.2, 0.25) is 0 Å². The van der Waals surface area contributed by atoms with Gasteiger partial charge < -0.3 is 35.8 Å². The van der Waals surface area contributed by atoms with Crippen molar-refractivity contribution in [3.8, 4) is 0 Å². The zero-order valence-corrected chi connectivity index (χ0v) is 23.3. The fraction of sp³-hybridized carbons (Fsp3) is 0.556. The third-order valence-corrected chi connectivity index (χ3v) is 9.58. The average molecular weight is 651 g/mol. The molecule has 6 rings (SSSR count). The summed E-state index contributed by atoms with van der Waals surface area (Å²) in [6.07, 6.45) is -9.01. The number of nitrogens with one attached hydrogen (secondary N) is 1. The molecule has 0 spiro atoms. The molecule has 0 aliphatic carbocycles. The van der Waals surface area contributed by atoms with Crippen LogP contribution in [0.25, 0.3) is 22.3 Å². The van der Waals surface area contributed by atoms with Gasteiger partial charge in [0, 0.05) is 0 Å². The van der Waals surface area contributed by atoms with Crippen molar-refractivity contribution in [1.29, 1.82) is 0 Å². The molecule has 1 unspecified atom stereocenters. The number of fused-ring (bicyclic) bond motifs is 2. The third kappa shape index (κ3) is 4.99. The number of nitrogen functional groups attached to an aromatic ring is 2. The van der Waals surface area contributed by atoms with Gasteiger partial charge in [-0.2, -0.15) is 9.67 Å². The van der Waals surface area contributed by atoms with E-state index in [1.54, 1.807) is 0 Å². The summed E-state index contributed by atoms with van der Waals surface area (Å²) in [6.45, 7) is -5.60. The number of nitrogens with two attached hydrogens (primary N) is 2. The van der Waals surface area contributed by atoms with E-state index in [-0.39, 0.29) is 34.1 Å². The molecule has 0 bridgehead atoms. The number of aliphatic hydroxyl groups is 2. The molecule has 19 nitrogen and oxygen atoms in total. The molecule has 2 aliphatic heterocycles. The highest BCUT2D eigenvalue weighted by molar-refractivity contribution is 8.07. The number of nitrogens with zero attached hydrogens (tertiary/aromatic N) is 9. The highest BCUT2D eigenvalue weighted by Gasteiger charge is 2.51. The first kappa shape index (κ1) is 29.1. The maximum absolute atomic E-state index is 15.4. The normalized spacial score (nSPS) is 31.3. The molecule has 0 saturated carbocycles. The standard InChI is InChI=1S/C18H21F2N12O7PS2/c19-6-5(1-33)42-17(32-14-9(28-30-32)15(35)26-18(22)25-14)11(6)39-40(36,41)37-2-4-10(34)7(20)16(38-4)31-13-8(27-29-31)12(21)23-3-24-13/h3-7,10-11,16-17,33-34H,1-2H2,(H,36,41)(H2,21,23,24)(H3,22,25,26,35)/t4-,5-,6+,7+,10-,11-,16-,17-,40?/m1/s1. The van der Waals surface area contributed by atoms with E-state index in [9.17, 15) is 19.9 Å². The minimum Gasteiger partial charge on any atom is -0.395 e. The Labute approximate surface area is 240 Å². The van der Waals surface area contributed by atoms with Crippen molar-refractivity contribution in [2.75, 3.05) is 24.7 Å². The number of aromatic amines is 1. The second-order valence-electron chi connectivity index (χ2n) is 9.15. The number of alkyl halides is 2. The van der Waals surface area contributed by atoms with Crippen molar-refractivity contribution in [2.24, 2.45) is 0 Å². The Morgan fingerprint density at radius 1 is 1.17 bits per heavy atom. The molecular formula is C18H21F2N12O7PS2. The van der Waals surface area contributed by atoms with Crippen LogP contribution in [0, 0.1) is 0 Å². The van der Waals surface area contributed by atoms with Crippen LogP contribution in [0.4, 0.5) is 20.5 Å². The van der Waals surface area contributed by atoms with Crippen LogP contribution in [-0.2, 0) is 25.6 Å². The van der Waals surface area contributed by atoms with Gasteiger partial charge in [-0.25, -0.2) is 23.4 Å². The Kier molecular flexibility index (Phi) is 7.55. The topological polar surface area (TPSA) is 273 Å². The van der Waals surface area contributed by atoms with Gasteiger partial charge in [0.15, 0.2) is 40.5 Å². The van der Waals surface area contributed by atoms with Crippen molar-refractivity contribution in [2.45, 2.75) is 47.5 Å². The Morgan fingerprint density at radius 3 is 2.67 bits per heavy atom. The van der Waals surface area contributed by atoms with E-state index in [4.69, 9.17) is 37.1 Å². The summed E-state index contributed by atoms with van der Waals surface area (Å²) in [7, 11) is 0. The smallest absolute Gasteiger partial charge is 0.325 e. The van der Waals surface area contributed by atoms with Crippen LogP contribution in [0.1, 0.15) is 11.6 Å². The van der Waals surface area contributed by atoms with Gasteiger partial charge >= 0.3 is 6.72 Å². The number of halogens is 2. The second kappa shape index (κ2) is 10.9. The average Bonchev–Trinajstić information content (AvgIpc) is 3.69. The van der Waals surface area contributed by atoms with Crippen molar-refractivity contribution in [3.05, 3.63) is 16.7 Å². The summed E-state index contributed by atoms with van der Waals surface area (Å²) in [5, 5.41) is 33.2. The van der Waals surface area contributed by atoms with E-state index < -0.39 is 73.0 Å². The summed E-state index contributed by atoms with van der Waals surface area (Å²) in [4.78, 5) is 37.0. The van der Waals surface area contributed by atoms with Gasteiger partial charge in [0.2, 0.25) is 5.95 Å². The van der Waals surface area contributed by atoms with Gasteiger partial charge in [-0.15, -0.1) is 22.0 Å². The van der Waals surface area contributed by atoms with Crippen LogP contribution in [0.15, 0.2) is 11.1 Å². The molecule has 0 amide bonds. The van der Waals surface area contributed by atoms with E-state index in [0.29, 0.717) is 0 Å². The quantitative estimate of drug-likeness (QED) is 0.113. The molecule has 0 radical (unpaired) electrons. The fourth-order valence-electron chi connectivity index (χ4n) is 4.52. The summed E-state index contributed by atoms with van der Waals surface area (Å²) in [5.41, 5.74) is 10.5. The lowest BCUT2D eigenvalue weighted by Crippen LogP contribution is -2.33. The van der Waals surface area contributed by atoms with Gasteiger partial charge in [-0.3, -0.25) is 14.3 Å². The molecule has 226 valence electrons. The molecule has 0 aromatic carbocycles. The monoisotopic (exact) mass is 650 g/mol. The number of anilines is 2. The third-order valence-electron chi connectivity index (χ3n) is 6.52. The predicted molar refractivity (Wildman–Crippen MR) is 142 cm³/mol. The fourth-order valence-corrected chi connectivity index (χ4v) is 7.39. The van der Waals surface area contributed by atoms with Crippen LogP contribution in [0.3, 0.4) is 0 Å². The van der Waals surface area contributed by atoms with Crippen molar-refractivity contribution in [3.63, 3.8) is 0 Å². The van der Waals surface area contributed by atoms with Crippen LogP contribution in [-0.4, -0.2) is 114 Å². The summed E-state index contributed by atoms with van der Waals surface area (Å²) in [6, 6.07) is 0. The highest BCUT2D eigenvalue weighted by atomic mass is 32.5. The number of thioether (sulfide) groups is 1. The summed E-state index contributed by atoms with van der Waals surface area (Å²) < 4.78 is 48.9. The zero-order chi connectivity index (χ0) is 29.9. The van der Waals surface area contributed by atoms with Gasteiger partial charge in [0.1, 0.15) is 36.2 Å². The lowest BCUT2D eigenvalue weighted by Gasteiger charge is -2.26. The minimum atomic E-state index is -4.32. The van der Waals surface area contributed by atoms with Crippen LogP contribution < -0.4 is 17.0 Å². The molecule has 24 heteroatoms. The number of aliphatic hydroxyl groups excluding tert-OH is 2. The van der Waals surface area contributed by atoms with Crippen molar-refractivity contribution >= 4 is 64.4 Å². The van der Waals surface area contributed by atoms with E-state index in [1.807, 2.05) is 0 Å². The Balaban J connectivity index is 1.19. The van der Waals surface area contributed by atoms with Crippen LogP contribution >= 0.6 is 18.5 Å². The minimum absolute atomic E-state index is 0.00105. The van der Waals surface area contributed by atoms with Crippen molar-refractivity contribution < 1.29 is 37.7 Å². The summed E-state index contributed by atoms with van der Waals surface area (Å²) in [5.74, 6) is -0.252. The largest absolute Gasteiger partial charge is 0.395 e. The Morgan fingerprint density at radius 2 is 1.90 bits per heavy atom. The number of hydrogen-bond donors (Lipinski definition) is 6. The Hall–Kier alpha value is -3.02.